The molecule has 0 amide bonds. The van der Waals surface area contributed by atoms with Gasteiger partial charge in [0.05, 0.1) is 19.2 Å². The van der Waals surface area contributed by atoms with Crippen molar-refractivity contribution < 1.29 is 9.84 Å². The molecule has 0 unspecified atom stereocenters. The van der Waals surface area contributed by atoms with Crippen LogP contribution in [0.25, 0.3) is 16.9 Å². The molecule has 0 atom stereocenters. The lowest BCUT2D eigenvalue weighted by molar-refractivity contribution is 0.406. The normalized spacial score (nSPS) is 11.7. The Hall–Kier alpha value is -3.82. The number of nitrogens with zero attached hydrogens (tertiary/aromatic N) is 5. The number of methoxy groups -OCH3 is 1. The van der Waals surface area contributed by atoms with Gasteiger partial charge in [-0.25, -0.2) is 9.20 Å². The summed E-state index contributed by atoms with van der Waals surface area (Å²) in [4.78, 5) is 45.1. The molecule has 10 nitrogen and oxygen atoms in total. The molecule has 1 N–H and O–H groups in total. The van der Waals surface area contributed by atoms with Crippen LogP contribution in [-0.2, 0) is 26.1 Å². The summed E-state index contributed by atoms with van der Waals surface area (Å²) < 4.78 is 10.7. The first-order chi connectivity index (χ1) is 17.2. The van der Waals surface area contributed by atoms with Crippen molar-refractivity contribution in [1.82, 2.24) is 23.1 Å². The van der Waals surface area contributed by atoms with E-state index in [0.29, 0.717) is 31.6 Å². The molecule has 0 spiro atoms. The van der Waals surface area contributed by atoms with Gasteiger partial charge >= 0.3 is 5.69 Å². The van der Waals surface area contributed by atoms with Crippen LogP contribution in [-0.4, -0.2) is 35.3 Å². The fraction of sp³-hybridized carbons (Fsp3) is 0.462. The van der Waals surface area contributed by atoms with Crippen LogP contribution in [0.3, 0.4) is 0 Å². The minimum Gasteiger partial charge on any atom is -0.497 e. The average Bonchev–Trinajstić information content (AvgIpc) is 3.26. The van der Waals surface area contributed by atoms with Crippen LogP contribution in [0.15, 0.2) is 38.6 Å². The Morgan fingerprint density at radius 2 is 1.58 bits per heavy atom. The Bertz CT molecular complexity index is 1590. The van der Waals surface area contributed by atoms with Gasteiger partial charge in [0.2, 0.25) is 11.7 Å². The topological polar surface area (TPSA) is 113 Å². The van der Waals surface area contributed by atoms with Crippen molar-refractivity contribution in [2.24, 2.45) is 5.92 Å². The summed E-state index contributed by atoms with van der Waals surface area (Å²) in [5, 5.41) is 11.3. The van der Waals surface area contributed by atoms with Crippen LogP contribution >= 0.6 is 0 Å². The second-order valence-corrected chi connectivity index (χ2v) is 9.45. The molecule has 0 aliphatic carbocycles. The van der Waals surface area contributed by atoms with Gasteiger partial charge in [-0.3, -0.25) is 23.3 Å². The molecule has 36 heavy (non-hydrogen) atoms. The Morgan fingerprint density at radius 3 is 2.17 bits per heavy atom. The Labute approximate surface area is 208 Å². The van der Waals surface area contributed by atoms with E-state index >= 15 is 0 Å². The monoisotopic (exact) mass is 495 g/mol. The van der Waals surface area contributed by atoms with Crippen LogP contribution in [0.5, 0.6) is 11.6 Å². The van der Waals surface area contributed by atoms with Gasteiger partial charge in [-0.1, -0.05) is 39.8 Å². The molecule has 4 aromatic rings. The molecular formula is C26H33N5O5. The largest absolute Gasteiger partial charge is 0.497 e. The molecule has 0 aliphatic rings. The van der Waals surface area contributed by atoms with E-state index in [9.17, 15) is 19.5 Å². The molecule has 0 fully saturated rings. The van der Waals surface area contributed by atoms with Gasteiger partial charge in [0.25, 0.3) is 11.1 Å². The van der Waals surface area contributed by atoms with Crippen molar-refractivity contribution in [2.45, 2.75) is 66.6 Å². The quantitative estimate of drug-likeness (QED) is 0.382. The number of hydrogen-bond acceptors (Lipinski definition) is 6. The number of aromatic nitrogens is 5. The number of imidazole rings is 1. The SMILES string of the molecule is CCCn1c(=O)c2c(nc3n(Cc4ccc(OC)cc4)c(O)c(CC(C)C)c(=O)n23)n(CCC)c1=O. The van der Waals surface area contributed by atoms with E-state index in [0.717, 1.165) is 5.56 Å². The molecule has 0 radical (unpaired) electrons. The molecule has 10 heteroatoms. The zero-order valence-corrected chi connectivity index (χ0v) is 21.4. The maximum Gasteiger partial charge on any atom is 0.332 e. The van der Waals surface area contributed by atoms with E-state index in [4.69, 9.17) is 4.74 Å². The highest BCUT2D eigenvalue weighted by Gasteiger charge is 2.25. The van der Waals surface area contributed by atoms with Crippen LogP contribution in [0.4, 0.5) is 0 Å². The first kappa shape index (κ1) is 25.3. The number of hydrogen-bond donors (Lipinski definition) is 1. The number of aryl methyl sites for hydroxylation is 1. The van der Waals surface area contributed by atoms with Crippen molar-refractivity contribution in [3.63, 3.8) is 0 Å². The highest BCUT2D eigenvalue weighted by atomic mass is 16.5. The highest BCUT2D eigenvalue weighted by molar-refractivity contribution is 5.75. The minimum absolute atomic E-state index is 0.0602. The molecule has 3 heterocycles. The molecule has 1 aromatic carbocycles. The predicted molar refractivity (Wildman–Crippen MR) is 138 cm³/mol. The van der Waals surface area contributed by atoms with Crippen LogP contribution < -0.4 is 21.5 Å². The van der Waals surface area contributed by atoms with Crippen LogP contribution in [0.2, 0.25) is 0 Å². The highest BCUT2D eigenvalue weighted by Crippen LogP contribution is 2.24. The first-order valence-electron chi connectivity index (χ1n) is 12.4. The fourth-order valence-corrected chi connectivity index (χ4v) is 4.58. The summed E-state index contributed by atoms with van der Waals surface area (Å²) >= 11 is 0. The van der Waals surface area contributed by atoms with Gasteiger partial charge in [-0.15, -0.1) is 0 Å². The first-order valence-corrected chi connectivity index (χ1v) is 12.4. The summed E-state index contributed by atoms with van der Waals surface area (Å²) in [6.07, 6.45) is 1.55. The summed E-state index contributed by atoms with van der Waals surface area (Å²) in [5.74, 6) is 0.706. The Morgan fingerprint density at radius 1 is 0.944 bits per heavy atom. The zero-order chi connectivity index (χ0) is 26.1. The van der Waals surface area contributed by atoms with Gasteiger partial charge in [-0.2, -0.15) is 4.98 Å². The van der Waals surface area contributed by atoms with Crippen molar-refractivity contribution in [3.05, 3.63) is 66.6 Å². The fourth-order valence-electron chi connectivity index (χ4n) is 4.58. The maximum absolute atomic E-state index is 13.7. The van der Waals surface area contributed by atoms with E-state index in [-0.39, 0.29) is 47.4 Å². The standard InChI is InChI=1S/C26H33N5O5/c1-6-12-28-21-20(24(34)29(13-7-2)26(28)35)31-23(33)19(14-16(3)4)22(32)30(25(31)27-21)15-17-8-10-18(36-5)11-9-17/h8-11,16,32H,6-7,12-15H2,1-5H3. The van der Waals surface area contributed by atoms with Gasteiger partial charge < -0.3 is 9.84 Å². The molecule has 3 aromatic heterocycles. The van der Waals surface area contributed by atoms with Gasteiger partial charge in [0.15, 0.2) is 11.2 Å². The maximum atomic E-state index is 13.7. The molecule has 0 saturated carbocycles. The van der Waals surface area contributed by atoms with Crippen molar-refractivity contribution in [1.29, 1.82) is 0 Å². The van der Waals surface area contributed by atoms with Gasteiger partial charge in [0.1, 0.15) is 5.75 Å². The van der Waals surface area contributed by atoms with Crippen LogP contribution in [0, 0.1) is 5.92 Å². The number of ether oxygens (including phenoxy) is 1. The summed E-state index contributed by atoms with van der Waals surface area (Å²) in [6.45, 7) is 8.51. The lowest BCUT2D eigenvalue weighted by Crippen LogP contribution is -2.41. The third-order valence-corrected chi connectivity index (χ3v) is 6.24. The van der Waals surface area contributed by atoms with Crippen molar-refractivity contribution in [2.75, 3.05) is 7.11 Å². The Kier molecular flexibility index (Phi) is 7.05. The van der Waals surface area contributed by atoms with E-state index in [1.54, 1.807) is 7.11 Å². The van der Waals surface area contributed by atoms with E-state index in [1.165, 1.54) is 18.1 Å². The van der Waals surface area contributed by atoms with E-state index < -0.39 is 16.8 Å². The molecule has 192 valence electrons. The number of rotatable bonds is 9. The number of fused-ring (bicyclic) bond motifs is 3. The van der Waals surface area contributed by atoms with E-state index in [2.05, 4.69) is 4.98 Å². The lowest BCUT2D eigenvalue weighted by atomic mass is 10.0. The van der Waals surface area contributed by atoms with E-state index in [1.807, 2.05) is 52.0 Å². The smallest absolute Gasteiger partial charge is 0.332 e. The van der Waals surface area contributed by atoms with Gasteiger partial charge in [0, 0.05) is 13.1 Å². The molecular weight excluding hydrogens is 462 g/mol. The second kappa shape index (κ2) is 10.0. The lowest BCUT2D eigenvalue weighted by Gasteiger charge is -2.16. The second-order valence-electron chi connectivity index (χ2n) is 9.45. The zero-order valence-electron chi connectivity index (χ0n) is 21.4. The molecule has 0 saturated heterocycles. The number of aromatic hydroxyl groups is 1. The summed E-state index contributed by atoms with van der Waals surface area (Å²) in [7, 11) is 1.58. The van der Waals surface area contributed by atoms with Crippen molar-refractivity contribution in [3.8, 4) is 11.6 Å². The predicted octanol–water partition coefficient (Wildman–Crippen LogP) is 2.75. The minimum atomic E-state index is -0.550. The summed E-state index contributed by atoms with van der Waals surface area (Å²) in [5.41, 5.74) is -0.225. The third-order valence-electron chi connectivity index (χ3n) is 6.24. The summed E-state index contributed by atoms with van der Waals surface area (Å²) in [6, 6.07) is 7.34. The number of benzene rings is 1. The third kappa shape index (κ3) is 4.20. The van der Waals surface area contributed by atoms with Gasteiger partial charge in [-0.05, 0) is 42.9 Å². The van der Waals surface area contributed by atoms with Crippen molar-refractivity contribution >= 4 is 16.9 Å². The Balaban J connectivity index is 2.15. The molecule has 4 rings (SSSR count). The molecule has 0 aliphatic heterocycles. The molecule has 0 bridgehead atoms. The average molecular weight is 496 g/mol. The van der Waals surface area contributed by atoms with Crippen LogP contribution in [0.1, 0.15) is 51.7 Å².